The van der Waals surface area contributed by atoms with Crippen LogP contribution in [0, 0.1) is 0 Å². The molecule has 2 rings (SSSR count). The van der Waals surface area contributed by atoms with Crippen molar-refractivity contribution in [2.24, 2.45) is 0 Å². The average molecular weight is 270 g/mol. The number of nitrogens with one attached hydrogen (secondary N) is 1. The molecule has 0 aliphatic rings. The maximum atomic E-state index is 11.1. The number of nitrogens with zero attached hydrogens (tertiary/aromatic N) is 1. The van der Waals surface area contributed by atoms with Crippen molar-refractivity contribution in [3.63, 3.8) is 0 Å². The first-order chi connectivity index (χ1) is 9.70. The van der Waals surface area contributed by atoms with Crippen molar-refractivity contribution in [3.05, 3.63) is 54.4 Å². The van der Waals surface area contributed by atoms with Gasteiger partial charge in [-0.3, -0.25) is 9.78 Å². The van der Waals surface area contributed by atoms with E-state index in [1.54, 1.807) is 12.4 Å². The van der Waals surface area contributed by atoms with Crippen LogP contribution in [0.1, 0.15) is 18.5 Å². The van der Waals surface area contributed by atoms with Crippen molar-refractivity contribution >= 4 is 5.97 Å². The number of aromatic nitrogens is 1. The minimum absolute atomic E-state index is 0.0978. The van der Waals surface area contributed by atoms with Crippen molar-refractivity contribution in [3.8, 4) is 11.1 Å². The van der Waals surface area contributed by atoms with E-state index in [4.69, 9.17) is 0 Å². The van der Waals surface area contributed by atoms with Crippen LogP contribution < -0.4 is 5.32 Å². The molecule has 1 N–H and O–H groups in total. The summed E-state index contributed by atoms with van der Waals surface area (Å²) in [7, 11) is 1.39. The van der Waals surface area contributed by atoms with Gasteiger partial charge in [0, 0.05) is 18.4 Å². The second kappa shape index (κ2) is 6.82. The third-order valence-electron chi connectivity index (χ3n) is 3.20. The maximum absolute atomic E-state index is 11.1. The Kier molecular flexibility index (Phi) is 4.85. The highest BCUT2D eigenvalue weighted by Gasteiger charge is 2.07. The Morgan fingerprint density at radius 1 is 1.15 bits per heavy atom. The lowest BCUT2D eigenvalue weighted by atomic mass is 10.0. The second-order valence-electron chi connectivity index (χ2n) is 4.54. The lowest BCUT2D eigenvalue weighted by Gasteiger charge is -2.14. The lowest BCUT2D eigenvalue weighted by Crippen LogP contribution is -2.26. The normalized spacial score (nSPS) is 11.9. The Morgan fingerprint density at radius 3 is 2.35 bits per heavy atom. The number of rotatable bonds is 5. The molecule has 0 bridgehead atoms. The van der Waals surface area contributed by atoms with Gasteiger partial charge < -0.3 is 10.1 Å². The van der Waals surface area contributed by atoms with Crippen LogP contribution >= 0.6 is 0 Å². The summed E-state index contributed by atoms with van der Waals surface area (Å²) in [5.41, 5.74) is 3.42. The molecule has 0 unspecified atom stereocenters. The highest BCUT2D eigenvalue weighted by molar-refractivity contribution is 5.71. The Labute approximate surface area is 118 Å². The maximum Gasteiger partial charge on any atom is 0.319 e. The van der Waals surface area contributed by atoms with Gasteiger partial charge in [0.05, 0.1) is 13.7 Å². The number of methoxy groups -OCH3 is 1. The van der Waals surface area contributed by atoms with Crippen LogP contribution in [0.4, 0.5) is 0 Å². The number of benzene rings is 1. The molecule has 2 aromatic rings. The molecule has 20 heavy (non-hydrogen) atoms. The van der Waals surface area contributed by atoms with E-state index in [2.05, 4.69) is 39.3 Å². The molecule has 4 heteroatoms. The number of esters is 1. The first-order valence-corrected chi connectivity index (χ1v) is 6.51. The summed E-state index contributed by atoms with van der Waals surface area (Å²) in [5.74, 6) is -0.259. The molecule has 1 atom stereocenters. The number of ether oxygens (including phenoxy) is 1. The Bertz CT molecular complexity index is 552. The van der Waals surface area contributed by atoms with Gasteiger partial charge in [-0.1, -0.05) is 24.3 Å². The van der Waals surface area contributed by atoms with Crippen molar-refractivity contribution in [1.29, 1.82) is 0 Å². The number of carbonyl (C=O) groups is 1. The van der Waals surface area contributed by atoms with E-state index in [1.165, 1.54) is 7.11 Å². The number of pyridine rings is 1. The zero-order valence-corrected chi connectivity index (χ0v) is 11.7. The van der Waals surface area contributed by atoms with Crippen molar-refractivity contribution < 1.29 is 9.53 Å². The molecule has 4 nitrogen and oxygen atoms in total. The third kappa shape index (κ3) is 3.65. The van der Waals surface area contributed by atoms with Gasteiger partial charge in [-0.05, 0) is 35.7 Å². The highest BCUT2D eigenvalue weighted by Crippen LogP contribution is 2.21. The molecule has 0 fully saturated rings. The van der Waals surface area contributed by atoms with Gasteiger partial charge in [0.15, 0.2) is 0 Å². The average Bonchev–Trinajstić information content (AvgIpc) is 2.53. The summed E-state index contributed by atoms with van der Waals surface area (Å²) >= 11 is 0. The van der Waals surface area contributed by atoms with Gasteiger partial charge in [-0.25, -0.2) is 0 Å². The van der Waals surface area contributed by atoms with Gasteiger partial charge in [-0.15, -0.1) is 0 Å². The fourth-order valence-electron chi connectivity index (χ4n) is 1.94. The zero-order chi connectivity index (χ0) is 14.4. The van der Waals surface area contributed by atoms with Crippen LogP contribution in [-0.2, 0) is 9.53 Å². The van der Waals surface area contributed by atoms with E-state index in [0.29, 0.717) is 0 Å². The number of hydrogen-bond acceptors (Lipinski definition) is 4. The second-order valence-corrected chi connectivity index (χ2v) is 4.54. The molecule has 0 radical (unpaired) electrons. The Hall–Kier alpha value is -2.20. The van der Waals surface area contributed by atoms with Crippen molar-refractivity contribution in [2.75, 3.05) is 13.7 Å². The summed E-state index contributed by atoms with van der Waals surface area (Å²) in [4.78, 5) is 15.1. The van der Waals surface area contributed by atoms with Gasteiger partial charge in [-0.2, -0.15) is 0 Å². The minimum atomic E-state index is -0.259. The minimum Gasteiger partial charge on any atom is -0.468 e. The fourth-order valence-corrected chi connectivity index (χ4v) is 1.94. The molecule has 1 aromatic heterocycles. The molecule has 0 saturated carbocycles. The predicted octanol–water partition coefficient (Wildman–Crippen LogP) is 2.57. The van der Waals surface area contributed by atoms with E-state index < -0.39 is 0 Å². The molecular weight excluding hydrogens is 252 g/mol. The fraction of sp³-hybridized carbons (Fsp3) is 0.250. The predicted molar refractivity (Wildman–Crippen MR) is 78.1 cm³/mol. The van der Waals surface area contributed by atoms with E-state index in [9.17, 15) is 4.79 Å². The Balaban J connectivity index is 2.03. The van der Waals surface area contributed by atoms with Gasteiger partial charge in [0.1, 0.15) is 0 Å². The molecule has 0 aliphatic carbocycles. The van der Waals surface area contributed by atoms with Crippen LogP contribution in [0.2, 0.25) is 0 Å². The first-order valence-electron chi connectivity index (χ1n) is 6.51. The van der Waals surface area contributed by atoms with Crippen LogP contribution in [-0.4, -0.2) is 24.6 Å². The van der Waals surface area contributed by atoms with E-state index in [0.717, 1.165) is 16.7 Å². The first kappa shape index (κ1) is 14.2. The molecule has 104 valence electrons. The lowest BCUT2D eigenvalue weighted by molar-refractivity contribution is -0.139. The van der Waals surface area contributed by atoms with Crippen LogP contribution in [0.25, 0.3) is 11.1 Å². The molecule has 1 heterocycles. The van der Waals surface area contributed by atoms with Crippen LogP contribution in [0.15, 0.2) is 48.8 Å². The SMILES string of the molecule is COC(=O)CN[C@@H](C)c1ccc(-c2ccncc2)cc1. The number of hydrogen-bond donors (Lipinski definition) is 1. The standard InChI is InChI=1S/C16H18N2O2/c1-12(18-11-16(19)20-2)13-3-5-14(6-4-13)15-7-9-17-10-8-15/h3-10,12,18H,11H2,1-2H3/t12-/m0/s1. The van der Waals surface area contributed by atoms with Gasteiger partial charge >= 0.3 is 5.97 Å². The third-order valence-corrected chi connectivity index (χ3v) is 3.20. The van der Waals surface area contributed by atoms with Crippen molar-refractivity contribution in [2.45, 2.75) is 13.0 Å². The smallest absolute Gasteiger partial charge is 0.319 e. The summed E-state index contributed by atoms with van der Waals surface area (Å²) in [6.07, 6.45) is 3.56. The number of carbonyl (C=O) groups excluding carboxylic acids is 1. The van der Waals surface area contributed by atoms with Gasteiger partial charge in [0.2, 0.25) is 0 Å². The summed E-state index contributed by atoms with van der Waals surface area (Å²) < 4.78 is 4.61. The largest absolute Gasteiger partial charge is 0.468 e. The summed E-state index contributed by atoms with van der Waals surface area (Å²) in [5, 5.41) is 3.12. The van der Waals surface area contributed by atoms with Crippen LogP contribution in [0.5, 0.6) is 0 Å². The molecule has 0 saturated heterocycles. The summed E-state index contributed by atoms with van der Waals surface area (Å²) in [6, 6.07) is 12.3. The molecule has 0 amide bonds. The Morgan fingerprint density at radius 2 is 1.75 bits per heavy atom. The quantitative estimate of drug-likeness (QED) is 0.848. The highest BCUT2D eigenvalue weighted by atomic mass is 16.5. The topological polar surface area (TPSA) is 51.2 Å². The van der Waals surface area contributed by atoms with E-state index in [1.807, 2.05) is 19.1 Å². The van der Waals surface area contributed by atoms with E-state index in [-0.39, 0.29) is 18.6 Å². The molecular formula is C16H18N2O2. The van der Waals surface area contributed by atoms with Crippen molar-refractivity contribution in [1.82, 2.24) is 10.3 Å². The zero-order valence-electron chi connectivity index (χ0n) is 11.7. The molecule has 0 spiro atoms. The molecule has 0 aliphatic heterocycles. The molecule has 1 aromatic carbocycles. The van der Waals surface area contributed by atoms with Crippen LogP contribution in [0.3, 0.4) is 0 Å². The van der Waals surface area contributed by atoms with E-state index >= 15 is 0 Å². The summed E-state index contributed by atoms with van der Waals surface area (Å²) in [6.45, 7) is 2.23. The van der Waals surface area contributed by atoms with Gasteiger partial charge in [0.25, 0.3) is 0 Å². The monoisotopic (exact) mass is 270 g/mol.